The molecule has 1 aliphatic rings. The average Bonchev–Trinajstić information content (AvgIpc) is 2.78. The van der Waals surface area contributed by atoms with Gasteiger partial charge in [-0.2, -0.15) is 4.90 Å². The van der Waals surface area contributed by atoms with Gasteiger partial charge in [0.1, 0.15) is 17.0 Å². The van der Waals surface area contributed by atoms with E-state index in [1.54, 1.807) is 53.9 Å². The topological polar surface area (TPSA) is 90.9 Å². The van der Waals surface area contributed by atoms with Crippen LogP contribution in [0.1, 0.15) is 90.8 Å². The fourth-order valence-corrected chi connectivity index (χ4v) is 4.20. The van der Waals surface area contributed by atoms with Gasteiger partial charge in [-0.05, 0) is 103 Å². The Morgan fingerprint density at radius 2 is 1.55 bits per heavy atom. The Kier molecular flexibility index (Phi) is 9.00. The van der Waals surface area contributed by atoms with Crippen LogP contribution in [-0.4, -0.2) is 39.5 Å². The molecular weight excluding hydrogens is 489 g/mol. The van der Waals surface area contributed by atoms with E-state index in [-0.39, 0.29) is 18.1 Å². The van der Waals surface area contributed by atoms with E-state index >= 15 is 4.39 Å². The zero-order chi connectivity index (χ0) is 28.3. The number of nitrogens with zero attached hydrogens (tertiary/aromatic N) is 3. The summed E-state index contributed by atoms with van der Waals surface area (Å²) in [7, 11) is 0. The van der Waals surface area contributed by atoms with E-state index in [0.717, 1.165) is 36.8 Å². The molecular formula is C29H40FN3O5. The Balaban J connectivity index is 1.91. The molecule has 1 saturated carbocycles. The van der Waals surface area contributed by atoms with Crippen molar-refractivity contribution in [1.82, 2.24) is 9.97 Å². The van der Waals surface area contributed by atoms with Crippen LogP contribution in [0.3, 0.4) is 0 Å². The van der Waals surface area contributed by atoms with Gasteiger partial charge in [-0.15, -0.1) is 0 Å². The summed E-state index contributed by atoms with van der Waals surface area (Å²) in [4.78, 5) is 34.8. The first-order chi connectivity index (χ1) is 17.6. The molecule has 3 rings (SSSR count). The normalized spacial score (nSPS) is 18.0. The van der Waals surface area contributed by atoms with Gasteiger partial charge in [-0.1, -0.05) is 6.92 Å². The molecule has 0 saturated heterocycles. The molecule has 0 unspecified atom stereocenters. The lowest BCUT2D eigenvalue weighted by Gasteiger charge is -2.28. The maximum absolute atomic E-state index is 15.9. The number of anilines is 1. The Hall–Kier alpha value is -3.23. The molecule has 208 valence electrons. The number of hydrogen-bond acceptors (Lipinski definition) is 7. The second-order valence-electron chi connectivity index (χ2n) is 12.0. The van der Waals surface area contributed by atoms with Gasteiger partial charge in [-0.25, -0.2) is 19.0 Å². The minimum absolute atomic E-state index is 0.141. The molecule has 0 bridgehead atoms. The van der Waals surface area contributed by atoms with Gasteiger partial charge >= 0.3 is 12.2 Å². The lowest BCUT2D eigenvalue weighted by Crippen LogP contribution is -2.44. The Morgan fingerprint density at radius 3 is 2.11 bits per heavy atom. The van der Waals surface area contributed by atoms with Crippen molar-refractivity contribution >= 4 is 18.0 Å². The fraction of sp³-hybridized carbons (Fsp3) is 0.586. The third-order valence-electron chi connectivity index (χ3n) is 6.23. The predicted octanol–water partition coefficient (Wildman–Crippen LogP) is 7.15. The maximum Gasteiger partial charge on any atom is 0.425 e. The zero-order valence-corrected chi connectivity index (χ0v) is 23.8. The predicted molar refractivity (Wildman–Crippen MR) is 143 cm³/mol. The van der Waals surface area contributed by atoms with Crippen LogP contribution < -0.4 is 9.64 Å². The molecule has 9 heteroatoms. The van der Waals surface area contributed by atoms with E-state index in [9.17, 15) is 9.59 Å². The Bertz CT molecular complexity index is 1120. The van der Waals surface area contributed by atoms with Crippen LogP contribution in [0.25, 0.3) is 0 Å². The molecule has 1 aliphatic carbocycles. The van der Waals surface area contributed by atoms with Crippen molar-refractivity contribution in [3.8, 4) is 5.75 Å². The molecule has 0 aliphatic heterocycles. The number of halogens is 1. The molecule has 1 fully saturated rings. The van der Waals surface area contributed by atoms with E-state index < -0.39 is 35.0 Å². The summed E-state index contributed by atoms with van der Waals surface area (Å²) in [6, 6.07) is 1.51. The third-order valence-corrected chi connectivity index (χ3v) is 6.23. The molecule has 0 atom stereocenters. The number of aromatic nitrogens is 2. The van der Waals surface area contributed by atoms with E-state index in [4.69, 9.17) is 14.2 Å². The van der Waals surface area contributed by atoms with Gasteiger partial charge in [0.15, 0.2) is 11.6 Å². The summed E-state index contributed by atoms with van der Waals surface area (Å²) in [5.41, 5.74) is 0.0211. The lowest BCUT2D eigenvalue weighted by molar-refractivity contribution is 0.0427. The average molecular weight is 530 g/mol. The largest absolute Gasteiger partial charge is 0.489 e. The quantitative estimate of drug-likeness (QED) is 0.406. The highest BCUT2D eigenvalue weighted by Crippen LogP contribution is 2.31. The number of pyridine rings is 2. The maximum atomic E-state index is 15.9. The highest BCUT2D eigenvalue weighted by molar-refractivity contribution is 6.08. The van der Waals surface area contributed by atoms with Crippen molar-refractivity contribution in [3.05, 3.63) is 47.2 Å². The molecule has 8 nitrogen and oxygen atoms in total. The van der Waals surface area contributed by atoms with Crippen LogP contribution in [0.15, 0.2) is 24.7 Å². The summed E-state index contributed by atoms with van der Waals surface area (Å²) < 4.78 is 32.9. The molecule has 0 aromatic carbocycles. The first kappa shape index (κ1) is 29.3. The van der Waals surface area contributed by atoms with E-state index in [2.05, 4.69) is 16.9 Å². The minimum atomic E-state index is -1.08. The number of rotatable bonds is 5. The molecule has 2 aromatic rings. The van der Waals surface area contributed by atoms with Crippen molar-refractivity contribution in [2.24, 2.45) is 5.92 Å². The van der Waals surface area contributed by atoms with Crippen LogP contribution in [-0.2, 0) is 15.9 Å². The highest BCUT2D eigenvalue weighted by atomic mass is 19.1. The summed E-state index contributed by atoms with van der Waals surface area (Å²) >= 11 is 0. The van der Waals surface area contributed by atoms with Crippen LogP contribution >= 0.6 is 0 Å². The number of carbonyl (C=O) groups is 2. The first-order valence-electron chi connectivity index (χ1n) is 13.1. The highest BCUT2D eigenvalue weighted by Gasteiger charge is 2.36. The van der Waals surface area contributed by atoms with Crippen molar-refractivity contribution in [2.75, 3.05) is 4.90 Å². The van der Waals surface area contributed by atoms with Crippen molar-refractivity contribution in [3.63, 3.8) is 0 Å². The van der Waals surface area contributed by atoms with Crippen LogP contribution in [0.4, 0.5) is 19.8 Å². The summed E-state index contributed by atoms with van der Waals surface area (Å²) in [5.74, 6) is 0.0858. The van der Waals surface area contributed by atoms with Crippen LogP contribution in [0.5, 0.6) is 5.75 Å². The number of amides is 2. The van der Waals surface area contributed by atoms with E-state index in [0.29, 0.717) is 16.6 Å². The molecule has 0 radical (unpaired) electrons. The van der Waals surface area contributed by atoms with Crippen LogP contribution in [0, 0.1) is 18.7 Å². The van der Waals surface area contributed by atoms with E-state index in [1.165, 1.54) is 12.3 Å². The Labute approximate surface area is 224 Å². The molecule has 38 heavy (non-hydrogen) atoms. The monoisotopic (exact) mass is 529 g/mol. The van der Waals surface area contributed by atoms with Crippen molar-refractivity contribution in [2.45, 2.75) is 105 Å². The van der Waals surface area contributed by atoms with Crippen LogP contribution in [0.2, 0.25) is 0 Å². The molecule has 2 heterocycles. The van der Waals surface area contributed by atoms with E-state index in [1.807, 2.05) is 6.92 Å². The smallest absolute Gasteiger partial charge is 0.425 e. The molecule has 0 N–H and O–H groups in total. The van der Waals surface area contributed by atoms with Crippen molar-refractivity contribution in [1.29, 1.82) is 0 Å². The molecule has 0 spiro atoms. The van der Waals surface area contributed by atoms with Gasteiger partial charge in [0.25, 0.3) is 0 Å². The lowest BCUT2D eigenvalue weighted by atomic mass is 9.89. The second-order valence-corrected chi connectivity index (χ2v) is 12.0. The van der Waals surface area contributed by atoms with Gasteiger partial charge in [-0.3, -0.25) is 4.98 Å². The summed E-state index contributed by atoms with van der Waals surface area (Å²) in [6.45, 7) is 14.1. The van der Waals surface area contributed by atoms with Gasteiger partial charge in [0, 0.05) is 18.8 Å². The third kappa shape index (κ3) is 7.88. The summed E-state index contributed by atoms with van der Waals surface area (Å²) in [5, 5.41) is 0. The fourth-order valence-electron chi connectivity index (χ4n) is 4.20. The SMILES string of the molecule is Cc1c(Cc2ccnc(N(C(=O)OC(C)(C)C)C(=O)OC(C)(C)C)c2F)cncc1OC1CCC(C)CC1. The molecule has 2 amide bonds. The summed E-state index contributed by atoms with van der Waals surface area (Å²) in [6.07, 6.45) is 7.12. The number of carbonyl (C=O) groups excluding carboxylic acids is 2. The second kappa shape index (κ2) is 11.7. The zero-order valence-electron chi connectivity index (χ0n) is 23.8. The van der Waals surface area contributed by atoms with Gasteiger partial charge in [0.05, 0.1) is 12.3 Å². The number of imide groups is 1. The minimum Gasteiger partial charge on any atom is -0.489 e. The van der Waals surface area contributed by atoms with Crippen molar-refractivity contribution < 1.29 is 28.2 Å². The standard InChI is InChI=1S/C29H40FN3O5/c1-18-9-11-22(12-10-18)36-23-17-31-16-21(19(23)2)15-20-13-14-32-25(24(20)30)33(26(34)37-28(3,4)5)27(35)38-29(6,7)8/h13-14,16-18,22H,9-12,15H2,1-8H3. The molecule has 2 aromatic heterocycles. The number of ether oxygens (including phenoxy) is 3. The van der Waals surface area contributed by atoms with Gasteiger partial charge < -0.3 is 14.2 Å². The Morgan fingerprint density at radius 1 is 0.974 bits per heavy atom. The first-order valence-corrected chi connectivity index (χ1v) is 13.1. The number of hydrogen-bond donors (Lipinski definition) is 0. The van der Waals surface area contributed by atoms with Gasteiger partial charge in [0.2, 0.25) is 0 Å².